The molecule has 3 aromatic rings. The predicted octanol–water partition coefficient (Wildman–Crippen LogP) is 6.15. The lowest BCUT2D eigenvalue weighted by molar-refractivity contribution is 1.06. The van der Waals surface area contributed by atoms with E-state index < -0.39 is 0 Å². The maximum atomic E-state index is 6.25. The number of rotatable bonds is 1. The molecule has 0 N–H and O–H groups in total. The van der Waals surface area contributed by atoms with Crippen LogP contribution in [-0.4, -0.2) is 10.2 Å². The maximum Gasteiger partial charge on any atom is 0.159 e. The summed E-state index contributed by atoms with van der Waals surface area (Å²) in [4.78, 5) is 1.06. The molecule has 0 saturated carbocycles. The highest BCUT2D eigenvalue weighted by Gasteiger charge is 2.18. The first kappa shape index (κ1) is 14.4. The van der Waals surface area contributed by atoms with Crippen molar-refractivity contribution in [2.45, 2.75) is 13.8 Å². The molecule has 0 unspecified atom stereocenters. The number of nitrogens with zero attached hydrogens (tertiary/aromatic N) is 2. The zero-order valence-electron chi connectivity index (χ0n) is 10.7. The standard InChI is InChI=1S/C14H9Br2ClN2S/c1-6-3-4-7(2)10-9(6)12(18-19-14(10)17)13-11(16)8(15)5-20-13/h3-5H,1-2H3. The molecule has 3 rings (SSSR count). The quantitative estimate of drug-likeness (QED) is 0.461. The van der Waals surface area contributed by atoms with E-state index in [1.165, 1.54) is 0 Å². The summed E-state index contributed by atoms with van der Waals surface area (Å²) in [5, 5.41) is 13.0. The lowest BCUT2D eigenvalue weighted by Crippen LogP contribution is -1.94. The summed E-state index contributed by atoms with van der Waals surface area (Å²) in [5.41, 5.74) is 3.13. The van der Waals surface area contributed by atoms with Gasteiger partial charge in [-0.25, -0.2) is 0 Å². The maximum absolute atomic E-state index is 6.25. The summed E-state index contributed by atoms with van der Waals surface area (Å²) in [6.07, 6.45) is 0. The van der Waals surface area contributed by atoms with E-state index in [0.717, 1.165) is 41.4 Å². The molecule has 20 heavy (non-hydrogen) atoms. The fraction of sp³-hybridized carbons (Fsp3) is 0.143. The number of aryl methyl sites for hydroxylation is 2. The highest BCUT2D eigenvalue weighted by atomic mass is 79.9. The van der Waals surface area contributed by atoms with Crippen LogP contribution in [0, 0.1) is 13.8 Å². The minimum atomic E-state index is 0.455. The summed E-state index contributed by atoms with van der Waals surface area (Å²) < 4.78 is 2.02. The van der Waals surface area contributed by atoms with E-state index in [-0.39, 0.29) is 0 Å². The normalized spacial score (nSPS) is 11.2. The molecule has 6 heteroatoms. The summed E-state index contributed by atoms with van der Waals surface area (Å²) >= 11 is 15.0. The minimum absolute atomic E-state index is 0.455. The topological polar surface area (TPSA) is 25.8 Å². The van der Waals surface area contributed by atoms with Crippen LogP contribution in [0.25, 0.3) is 21.3 Å². The number of hydrogen-bond donors (Lipinski definition) is 0. The van der Waals surface area contributed by atoms with Gasteiger partial charge in [0, 0.05) is 20.6 Å². The van der Waals surface area contributed by atoms with Gasteiger partial charge in [0.2, 0.25) is 0 Å². The van der Waals surface area contributed by atoms with Gasteiger partial charge in [0.1, 0.15) is 5.69 Å². The molecule has 0 aliphatic carbocycles. The van der Waals surface area contributed by atoms with E-state index >= 15 is 0 Å². The first-order valence-corrected chi connectivity index (χ1v) is 8.70. The average molecular weight is 433 g/mol. The largest absolute Gasteiger partial charge is 0.159 e. The Hall–Kier alpha value is -0.490. The van der Waals surface area contributed by atoms with Gasteiger partial charge in [0.05, 0.1) is 9.35 Å². The first-order valence-electron chi connectivity index (χ1n) is 5.85. The lowest BCUT2D eigenvalue weighted by atomic mass is 10.0. The number of fused-ring (bicyclic) bond motifs is 1. The highest BCUT2D eigenvalue weighted by Crippen LogP contribution is 2.43. The Balaban J connectivity index is 2.47. The second-order valence-electron chi connectivity index (χ2n) is 4.52. The van der Waals surface area contributed by atoms with Gasteiger partial charge in [-0.1, -0.05) is 23.7 Å². The summed E-state index contributed by atoms with van der Waals surface area (Å²) in [5.74, 6) is 0. The summed E-state index contributed by atoms with van der Waals surface area (Å²) in [6.45, 7) is 4.11. The average Bonchev–Trinajstić information content (AvgIpc) is 2.75. The van der Waals surface area contributed by atoms with Crippen LogP contribution in [0.5, 0.6) is 0 Å². The van der Waals surface area contributed by atoms with Gasteiger partial charge in [0.15, 0.2) is 5.15 Å². The molecule has 0 fully saturated rings. The molecule has 0 aliphatic rings. The van der Waals surface area contributed by atoms with Gasteiger partial charge in [-0.2, -0.15) is 0 Å². The van der Waals surface area contributed by atoms with Crippen molar-refractivity contribution in [3.8, 4) is 10.6 Å². The Bertz CT molecular complexity index is 821. The molecule has 1 aromatic carbocycles. The van der Waals surface area contributed by atoms with Crippen LogP contribution in [0.3, 0.4) is 0 Å². The number of aromatic nitrogens is 2. The van der Waals surface area contributed by atoms with E-state index in [4.69, 9.17) is 11.6 Å². The Morgan fingerprint density at radius 2 is 1.70 bits per heavy atom. The molecule has 0 bridgehead atoms. The van der Waals surface area contributed by atoms with Crippen molar-refractivity contribution in [1.82, 2.24) is 10.2 Å². The summed E-state index contributed by atoms with van der Waals surface area (Å²) in [7, 11) is 0. The third-order valence-corrected chi connectivity index (χ3v) is 7.01. The molecule has 102 valence electrons. The smallest absolute Gasteiger partial charge is 0.147 e. The number of thiophene rings is 1. The monoisotopic (exact) mass is 430 g/mol. The van der Waals surface area contributed by atoms with Crippen LogP contribution >= 0.6 is 54.8 Å². The van der Waals surface area contributed by atoms with Crippen molar-refractivity contribution in [2.75, 3.05) is 0 Å². The molecular weight excluding hydrogens is 423 g/mol. The number of benzene rings is 1. The fourth-order valence-corrected chi connectivity index (χ4v) is 4.65. The van der Waals surface area contributed by atoms with E-state index in [1.54, 1.807) is 11.3 Å². The van der Waals surface area contributed by atoms with Crippen molar-refractivity contribution in [3.63, 3.8) is 0 Å². The summed E-state index contributed by atoms with van der Waals surface area (Å²) in [6, 6.07) is 4.16. The molecule has 0 saturated heterocycles. The third-order valence-electron chi connectivity index (χ3n) is 3.21. The van der Waals surface area contributed by atoms with Gasteiger partial charge in [-0.3, -0.25) is 0 Å². The van der Waals surface area contributed by atoms with Crippen molar-refractivity contribution >= 4 is 65.6 Å². The molecule has 2 nitrogen and oxygen atoms in total. The van der Waals surface area contributed by atoms with Crippen LogP contribution in [0.4, 0.5) is 0 Å². The molecule has 2 heterocycles. The van der Waals surface area contributed by atoms with Crippen molar-refractivity contribution < 1.29 is 0 Å². The van der Waals surface area contributed by atoms with Crippen molar-refractivity contribution in [2.24, 2.45) is 0 Å². The van der Waals surface area contributed by atoms with Gasteiger partial charge in [-0.05, 0) is 56.8 Å². The third kappa shape index (κ3) is 2.21. The second-order valence-corrected chi connectivity index (χ2v) is 7.40. The zero-order chi connectivity index (χ0) is 14.4. The Kier molecular flexibility index (Phi) is 3.88. The second kappa shape index (κ2) is 5.37. The zero-order valence-corrected chi connectivity index (χ0v) is 15.4. The van der Waals surface area contributed by atoms with Gasteiger partial charge < -0.3 is 0 Å². The Morgan fingerprint density at radius 1 is 1.05 bits per heavy atom. The van der Waals surface area contributed by atoms with Gasteiger partial charge in [0.25, 0.3) is 0 Å². The molecular formula is C14H9Br2ClN2S. The highest BCUT2D eigenvalue weighted by molar-refractivity contribution is 9.13. The molecule has 0 aliphatic heterocycles. The predicted molar refractivity (Wildman–Crippen MR) is 92.7 cm³/mol. The van der Waals surface area contributed by atoms with Crippen LogP contribution in [-0.2, 0) is 0 Å². The van der Waals surface area contributed by atoms with Crippen LogP contribution in [0.15, 0.2) is 26.5 Å². The number of hydrogen-bond acceptors (Lipinski definition) is 3. The van der Waals surface area contributed by atoms with Crippen LogP contribution in [0.2, 0.25) is 5.15 Å². The van der Waals surface area contributed by atoms with E-state index in [2.05, 4.69) is 61.1 Å². The molecule has 0 atom stereocenters. The van der Waals surface area contributed by atoms with Crippen molar-refractivity contribution in [1.29, 1.82) is 0 Å². The minimum Gasteiger partial charge on any atom is -0.147 e. The van der Waals surface area contributed by atoms with Gasteiger partial charge in [-0.15, -0.1) is 21.5 Å². The Labute approximate surface area is 142 Å². The van der Waals surface area contributed by atoms with Gasteiger partial charge >= 0.3 is 0 Å². The van der Waals surface area contributed by atoms with E-state index in [0.29, 0.717) is 5.15 Å². The first-order chi connectivity index (χ1) is 9.50. The van der Waals surface area contributed by atoms with Crippen molar-refractivity contribution in [3.05, 3.63) is 42.7 Å². The fourth-order valence-electron chi connectivity index (χ4n) is 2.22. The number of halogens is 3. The SMILES string of the molecule is Cc1ccc(C)c2c(-c3scc(Br)c3Br)nnc(Cl)c12. The van der Waals surface area contributed by atoms with Crippen LogP contribution in [0.1, 0.15) is 11.1 Å². The Morgan fingerprint density at radius 3 is 2.30 bits per heavy atom. The lowest BCUT2D eigenvalue weighted by Gasteiger charge is -2.10. The molecule has 2 aromatic heterocycles. The molecule has 0 spiro atoms. The van der Waals surface area contributed by atoms with E-state index in [1.807, 2.05) is 12.3 Å². The molecule has 0 radical (unpaired) electrons. The van der Waals surface area contributed by atoms with Crippen LogP contribution < -0.4 is 0 Å². The molecule has 0 amide bonds. The van der Waals surface area contributed by atoms with E-state index in [9.17, 15) is 0 Å².